The highest BCUT2D eigenvalue weighted by Crippen LogP contribution is 2.29. The Bertz CT molecular complexity index is 773. The number of hydrogen-bond acceptors (Lipinski definition) is 6. The van der Waals surface area contributed by atoms with Crippen LogP contribution in [0.3, 0.4) is 0 Å². The minimum atomic E-state index is 0.213. The van der Waals surface area contributed by atoms with Crippen molar-refractivity contribution in [2.45, 2.75) is 32.5 Å². The molecule has 2 aliphatic heterocycles. The third-order valence-corrected chi connectivity index (χ3v) is 5.32. The number of morpholine rings is 1. The number of benzene rings is 1. The summed E-state index contributed by atoms with van der Waals surface area (Å²) < 4.78 is 11.3. The van der Waals surface area contributed by atoms with Crippen molar-refractivity contribution in [3.8, 4) is 6.07 Å². The molecule has 1 aromatic heterocycles. The van der Waals surface area contributed by atoms with Crippen LogP contribution in [-0.4, -0.2) is 48.4 Å². The minimum absolute atomic E-state index is 0.213. The summed E-state index contributed by atoms with van der Waals surface area (Å²) in [6.45, 7) is 8.33. The zero-order valence-corrected chi connectivity index (χ0v) is 14.6. The first-order valence-electron chi connectivity index (χ1n) is 8.68. The molecule has 0 saturated carbocycles. The summed E-state index contributed by atoms with van der Waals surface area (Å²) in [7, 11) is 0. The predicted molar refractivity (Wildman–Crippen MR) is 93.3 cm³/mol. The number of ether oxygens (including phenoxy) is 1. The molecule has 3 heterocycles. The van der Waals surface area contributed by atoms with Crippen LogP contribution in [0.1, 0.15) is 22.6 Å². The van der Waals surface area contributed by atoms with Crippen LogP contribution in [0.15, 0.2) is 28.8 Å². The van der Waals surface area contributed by atoms with Crippen molar-refractivity contribution in [3.05, 3.63) is 46.8 Å². The zero-order valence-electron chi connectivity index (χ0n) is 14.6. The molecular formula is C19H22N4O2. The van der Waals surface area contributed by atoms with E-state index in [1.54, 1.807) is 0 Å². The molecule has 0 spiro atoms. The quantitative estimate of drug-likeness (QED) is 0.855. The summed E-state index contributed by atoms with van der Waals surface area (Å²) in [5, 5.41) is 13.0. The number of hydrogen-bond donors (Lipinski definition) is 0. The molecule has 25 heavy (non-hydrogen) atoms. The molecule has 2 fully saturated rings. The van der Waals surface area contributed by atoms with Crippen LogP contribution in [-0.2, 0) is 11.3 Å². The van der Waals surface area contributed by atoms with Gasteiger partial charge in [0.15, 0.2) is 0 Å². The summed E-state index contributed by atoms with van der Waals surface area (Å²) in [4.78, 5) is 4.84. The van der Waals surface area contributed by atoms with E-state index in [0.29, 0.717) is 11.6 Å². The van der Waals surface area contributed by atoms with Crippen molar-refractivity contribution < 1.29 is 9.26 Å². The normalized spacial score (nSPS) is 23.5. The Balaban J connectivity index is 1.51. The first-order chi connectivity index (χ1) is 12.2. The molecule has 2 saturated heterocycles. The van der Waals surface area contributed by atoms with E-state index >= 15 is 0 Å². The fourth-order valence-corrected chi connectivity index (χ4v) is 3.84. The molecule has 130 valence electrons. The third kappa shape index (κ3) is 3.01. The van der Waals surface area contributed by atoms with Gasteiger partial charge in [-0.05, 0) is 38.1 Å². The Morgan fingerprint density at radius 1 is 1.24 bits per heavy atom. The van der Waals surface area contributed by atoms with Crippen LogP contribution in [0.2, 0.25) is 0 Å². The van der Waals surface area contributed by atoms with Crippen molar-refractivity contribution in [1.29, 1.82) is 5.26 Å². The lowest BCUT2D eigenvalue weighted by Crippen LogP contribution is -2.50. The van der Waals surface area contributed by atoms with Gasteiger partial charge in [-0.25, -0.2) is 0 Å². The number of aryl methyl sites for hydroxylation is 2. The van der Waals surface area contributed by atoms with Gasteiger partial charge < -0.3 is 14.2 Å². The monoisotopic (exact) mass is 338 g/mol. The molecule has 4 rings (SSSR count). The molecule has 0 N–H and O–H groups in total. The molecule has 2 aliphatic rings. The summed E-state index contributed by atoms with van der Waals surface area (Å²) >= 11 is 0. The van der Waals surface area contributed by atoms with E-state index < -0.39 is 0 Å². The summed E-state index contributed by atoms with van der Waals surface area (Å²) in [6, 6.07) is 10.3. The van der Waals surface area contributed by atoms with Gasteiger partial charge in [0, 0.05) is 37.4 Å². The second-order valence-electron chi connectivity index (χ2n) is 6.81. The Hall–Kier alpha value is -2.36. The van der Waals surface area contributed by atoms with E-state index in [2.05, 4.69) is 21.0 Å². The van der Waals surface area contributed by atoms with Crippen LogP contribution in [0, 0.1) is 25.2 Å². The van der Waals surface area contributed by atoms with Gasteiger partial charge in [0.2, 0.25) is 0 Å². The van der Waals surface area contributed by atoms with E-state index in [0.717, 1.165) is 49.9 Å². The van der Waals surface area contributed by atoms with Gasteiger partial charge in [-0.3, -0.25) is 4.90 Å². The van der Waals surface area contributed by atoms with Crippen LogP contribution in [0.4, 0.5) is 5.69 Å². The minimum Gasteiger partial charge on any atom is -0.373 e. The molecule has 1 aromatic carbocycles. The van der Waals surface area contributed by atoms with E-state index in [1.165, 1.54) is 5.56 Å². The Labute approximate surface area is 147 Å². The van der Waals surface area contributed by atoms with Gasteiger partial charge in [0.1, 0.15) is 5.76 Å². The average molecular weight is 338 g/mol. The lowest BCUT2D eigenvalue weighted by Gasteiger charge is -2.36. The first-order valence-corrected chi connectivity index (χ1v) is 8.68. The Morgan fingerprint density at radius 2 is 2.04 bits per heavy atom. The Morgan fingerprint density at radius 3 is 2.72 bits per heavy atom. The van der Waals surface area contributed by atoms with E-state index in [4.69, 9.17) is 14.5 Å². The van der Waals surface area contributed by atoms with Crippen molar-refractivity contribution in [2.24, 2.45) is 0 Å². The third-order valence-electron chi connectivity index (χ3n) is 5.32. The second kappa shape index (κ2) is 6.51. The predicted octanol–water partition coefficient (Wildman–Crippen LogP) is 2.25. The highest BCUT2D eigenvalue weighted by molar-refractivity contribution is 5.51. The number of rotatable bonds is 3. The molecule has 2 atom stereocenters. The molecule has 0 aliphatic carbocycles. The topological polar surface area (TPSA) is 65.5 Å². The Kier molecular flexibility index (Phi) is 4.20. The van der Waals surface area contributed by atoms with Crippen molar-refractivity contribution >= 4 is 5.69 Å². The molecule has 2 aromatic rings. The molecule has 0 bridgehead atoms. The number of fused-ring (bicyclic) bond motifs is 1. The second-order valence-corrected chi connectivity index (χ2v) is 6.81. The largest absolute Gasteiger partial charge is 0.373 e. The fourth-order valence-electron chi connectivity index (χ4n) is 3.84. The van der Waals surface area contributed by atoms with Gasteiger partial charge in [-0.2, -0.15) is 5.26 Å². The van der Waals surface area contributed by atoms with Crippen molar-refractivity contribution in [2.75, 3.05) is 31.1 Å². The van der Waals surface area contributed by atoms with Gasteiger partial charge in [-0.1, -0.05) is 5.16 Å². The highest BCUT2D eigenvalue weighted by Gasteiger charge is 2.40. The lowest BCUT2D eigenvalue weighted by atomic mass is 10.1. The molecule has 6 heteroatoms. The first kappa shape index (κ1) is 16.1. The number of nitrogens with zero attached hydrogens (tertiary/aromatic N) is 4. The average Bonchev–Trinajstić information content (AvgIpc) is 3.21. The maximum atomic E-state index is 8.96. The molecule has 0 amide bonds. The van der Waals surface area contributed by atoms with Crippen LogP contribution >= 0.6 is 0 Å². The van der Waals surface area contributed by atoms with Crippen molar-refractivity contribution in [1.82, 2.24) is 10.1 Å². The summed E-state index contributed by atoms with van der Waals surface area (Å²) in [5.74, 6) is 0.905. The van der Waals surface area contributed by atoms with Crippen LogP contribution in [0.5, 0.6) is 0 Å². The van der Waals surface area contributed by atoms with E-state index in [9.17, 15) is 0 Å². The van der Waals surface area contributed by atoms with Gasteiger partial charge >= 0.3 is 0 Å². The van der Waals surface area contributed by atoms with Crippen LogP contribution < -0.4 is 4.90 Å². The number of anilines is 1. The smallest absolute Gasteiger partial charge is 0.138 e. The zero-order chi connectivity index (χ0) is 17.4. The molecule has 0 radical (unpaired) electrons. The van der Waals surface area contributed by atoms with Gasteiger partial charge in [0.25, 0.3) is 0 Å². The molecule has 6 nitrogen and oxygen atoms in total. The SMILES string of the molecule is Cc1noc(C)c1CN1CCO[C@H]2CN(c3ccc(C#N)cc3)C[C@H]21. The number of aromatic nitrogens is 1. The molecule has 0 unspecified atom stereocenters. The van der Waals surface area contributed by atoms with Crippen LogP contribution in [0.25, 0.3) is 0 Å². The highest BCUT2D eigenvalue weighted by atomic mass is 16.5. The number of nitriles is 1. The maximum absolute atomic E-state index is 8.96. The lowest BCUT2D eigenvalue weighted by molar-refractivity contribution is -0.0501. The van der Waals surface area contributed by atoms with Crippen molar-refractivity contribution in [3.63, 3.8) is 0 Å². The van der Waals surface area contributed by atoms with Gasteiger partial charge in [-0.15, -0.1) is 0 Å². The summed E-state index contributed by atoms with van der Waals surface area (Å²) in [5.41, 5.74) is 4.01. The fraction of sp³-hybridized carbons (Fsp3) is 0.474. The van der Waals surface area contributed by atoms with E-state index in [-0.39, 0.29) is 6.10 Å². The summed E-state index contributed by atoms with van der Waals surface area (Å²) in [6.07, 6.45) is 0.213. The molecular weight excluding hydrogens is 316 g/mol. The maximum Gasteiger partial charge on any atom is 0.138 e. The van der Waals surface area contributed by atoms with E-state index in [1.807, 2.05) is 38.1 Å². The van der Waals surface area contributed by atoms with Gasteiger partial charge in [0.05, 0.1) is 36.1 Å². The standard InChI is InChI=1S/C19H22N4O2/c1-13-17(14(2)25-21-13)10-22-7-8-24-19-12-23(11-18(19)22)16-5-3-15(9-20)4-6-16/h3-6,18-19H,7-8,10-12H2,1-2H3/t18-,19+/m1/s1.